The van der Waals surface area contributed by atoms with E-state index in [4.69, 9.17) is 14.2 Å². The third-order valence-electron chi connectivity index (χ3n) is 4.95. The van der Waals surface area contributed by atoms with E-state index in [1.54, 1.807) is 39.8 Å². The number of nitrogens with zero attached hydrogens (tertiary/aromatic N) is 1. The van der Waals surface area contributed by atoms with Crippen LogP contribution in [-0.2, 0) is 9.53 Å². The van der Waals surface area contributed by atoms with Crippen LogP contribution >= 0.6 is 0 Å². The van der Waals surface area contributed by atoms with Gasteiger partial charge in [0, 0.05) is 37.8 Å². The van der Waals surface area contributed by atoms with E-state index >= 15 is 0 Å². The minimum atomic E-state index is -4.50. The van der Waals surface area contributed by atoms with Gasteiger partial charge in [-0.05, 0) is 43.7 Å². The van der Waals surface area contributed by atoms with E-state index in [-0.39, 0.29) is 35.5 Å². The number of carbonyl (C=O) groups excluding carboxylic acids is 2. The number of alkyl halides is 3. The SMILES string of the molecule is COCCCOc1cc(OCC(F)(F)F)ccc1C(=O)NC(C)c1cc(C)nc(NC(=O)C(C)C)c1. The third kappa shape index (κ3) is 9.37. The molecule has 0 saturated carbocycles. The molecule has 0 aliphatic rings. The summed E-state index contributed by atoms with van der Waals surface area (Å²) in [5.74, 6) is -0.510. The summed E-state index contributed by atoms with van der Waals surface area (Å²) >= 11 is 0. The number of ether oxygens (including phenoxy) is 3. The number of hydrogen-bond acceptors (Lipinski definition) is 6. The summed E-state index contributed by atoms with van der Waals surface area (Å²) in [5, 5.41) is 5.60. The van der Waals surface area contributed by atoms with E-state index < -0.39 is 24.7 Å². The zero-order valence-corrected chi connectivity index (χ0v) is 21.0. The Kier molecular flexibility index (Phi) is 10.5. The summed E-state index contributed by atoms with van der Waals surface area (Å²) in [6.07, 6.45) is -3.98. The monoisotopic (exact) mass is 511 g/mol. The summed E-state index contributed by atoms with van der Waals surface area (Å²) in [6.45, 7) is 6.21. The molecule has 1 atom stereocenters. The van der Waals surface area contributed by atoms with Gasteiger partial charge in [-0.3, -0.25) is 9.59 Å². The Hall–Kier alpha value is -3.34. The molecule has 0 bridgehead atoms. The number of aromatic nitrogens is 1. The molecular weight excluding hydrogens is 479 g/mol. The summed E-state index contributed by atoms with van der Waals surface area (Å²) in [5.41, 5.74) is 1.50. The Balaban J connectivity index is 2.21. The molecule has 0 spiro atoms. The van der Waals surface area contributed by atoms with Gasteiger partial charge in [0.05, 0.1) is 18.2 Å². The Bertz CT molecular complexity index is 1040. The lowest BCUT2D eigenvalue weighted by atomic mass is 10.1. The number of anilines is 1. The summed E-state index contributed by atoms with van der Waals surface area (Å²) in [7, 11) is 1.53. The maximum Gasteiger partial charge on any atom is 0.422 e. The molecule has 2 amide bonds. The maximum atomic E-state index is 13.1. The molecule has 2 N–H and O–H groups in total. The number of halogens is 3. The van der Waals surface area contributed by atoms with Crippen molar-refractivity contribution in [2.75, 3.05) is 32.2 Å². The molecule has 0 saturated heterocycles. The lowest BCUT2D eigenvalue weighted by Crippen LogP contribution is -2.27. The van der Waals surface area contributed by atoms with Crippen molar-refractivity contribution in [3.8, 4) is 11.5 Å². The Morgan fingerprint density at radius 1 is 1.06 bits per heavy atom. The molecular formula is C25H32F3N3O5. The van der Waals surface area contributed by atoms with Crippen LogP contribution in [0.15, 0.2) is 30.3 Å². The molecule has 0 radical (unpaired) electrons. The summed E-state index contributed by atoms with van der Waals surface area (Å²) in [4.78, 5) is 29.4. The first-order valence-electron chi connectivity index (χ1n) is 11.4. The van der Waals surface area contributed by atoms with Crippen molar-refractivity contribution in [2.24, 2.45) is 5.92 Å². The van der Waals surface area contributed by atoms with Crippen LogP contribution in [0.4, 0.5) is 19.0 Å². The van der Waals surface area contributed by atoms with Gasteiger partial charge in [-0.15, -0.1) is 0 Å². The molecule has 1 heterocycles. The van der Waals surface area contributed by atoms with Crippen LogP contribution in [0.5, 0.6) is 11.5 Å². The molecule has 8 nitrogen and oxygen atoms in total. The van der Waals surface area contributed by atoms with Crippen LogP contribution in [0, 0.1) is 12.8 Å². The van der Waals surface area contributed by atoms with E-state index in [2.05, 4.69) is 15.6 Å². The minimum Gasteiger partial charge on any atom is -0.493 e. The van der Waals surface area contributed by atoms with Crippen LogP contribution in [0.2, 0.25) is 0 Å². The van der Waals surface area contributed by atoms with Gasteiger partial charge in [0.15, 0.2) is 6.61 Å². The van der Waals surface area contributed by atoms with E-state index in [9.17, 15) is 22.8 Å². The number of benzene rings is 1. The number of amides is 2. The van der Waals surface area contributed by atoms with Crippen molar-refractivity contribution < 1.29 is 37.0 Å². The molecule has 2 aromatic rings. The van der Waals surface area contributed by atoms with E-state index in [1.165, 1.54) is 25.3 Å². The summed E-state index contributed by atoms with van der Waals surface area (Å²) in [6, 6.07) is 6.88. The van der Waals surface area contributed by atoms with Crippen molar-refractivity contribution in [2.45, 2.75) is 46.3 Å². The fourth-order valence-corrected chi connectivity index (χ4v) is 3.09. The third-order valence-corrected chi connectivity index (χ3v) is 4.95. The highest BCUT2D eigenvalue weighted by Gasteiger charge is 2.28. The molecule has 11 heteroatoms. The lowest BCUT2D eigenvalue weighted by molar-refractivity contribution is -0.153. The van der Waals surface area contributed by atoms with Gasteiger partial charge in [0.25, 0.3) is 5.91 Å². The number of hydrogen-bond donors (Lipinski definition) is 2. The molecule has 1 unspecified atom stereocenters. The Morgan fingerprint density at radius 3 is 2.42 bits per heavy atom. The number of pyridine rings is 1. The van der Waals surface area contributed by atoms with Crippen molar-refractivity contribution >= 4 is 17.6 Å². The van der Waals surface area contributed by atoms with Crippen LogP contribution < -0.4 is 20.1 Å². The van der Waals surface area contributed by atoms with E-state index in [0.717, 1.165) is 0 Å². The molecule has 0 aliphatic carbocycles. The largest absolute Gasteiger partial charge is 0.493 e. The molecule has 2 rings (SSSR count). The van der Waals surface area contributed by atoms with E-state index in [0.29, 0.717) is 30.1 Å². The van der Waals surface area contributed by atoms with E-state index in [1.807, 2.05) is 0 Å². The Labute approximate surface area is 208 Å². The number of nitrogens with one attached hydrogen (secondary N) is 2. The fourth-order valence-electron chi connectivity index (χ4n) is 3.09. The minimum absolute atomic E-state index is 0.0750. The van der Waals surface area contributed by atoms with Gasteiger partial charge < -0.3 is 24.8 Å². The second kappa shape index (κ2) is 13.1. The smallest absolute Gasteiger partial charge is 0.422 e. The standard InChI is InChI=1S/C25H32F3N3O5/c1-15(2)23(32)31-22-12-18(11-16(3)29-22)17(4)30-24(33)20-8-7-19(36-14-25(26,27)28)13-21(20)35-10-6-9-34-5/h7-8,11-13,15,17H,6,9-10,14H2,1-5H3,(H,30,33)(H,29,31,32). The highest BCUT2D eigenvalue weighted by Crippen LogP contribution is 2.28. The predicted octanol–water partition coefficient (Wildman–Crippen LogP) is 4.83. The zero-order chi connectivity index (χ0) is 26.9. The molecule has 0 fully saturated rings. The fraction of sp³-hybridized carbons (Fsp3) is 0.480. The topological polar surface area (TPSA) is 98.8 Å². The Morgan fingerprint density at radius 2 is 1.78 bits per heavy atom. The van der Waals surface area contributed by atoms with Crippen LogP contribution in [0.3, 0.4) is 0 Å². The number of rotatable bonds is 12. The molecule has 36 heavy (non-hydrogen) atoms. The van der Waals surface area contributed by atoms with Gasteiger partial charge in [-0.2, -0.15) is 13.2 Å². The van der Waals surface area contributed by atoms with Crippen molar-refractivity contribution in [3.63, 3.8) is 0 Å². The van der Waals surface area contributed by atoms with Crippen LogP contribution in [0.25, 0.3) is 0 Å². The molecule has 1 aromatic carbocycles. The van der Waals surface area contributed by atoms with Crippen LogP contribution in [0.1, 0.15) is 54.8 Å². The first kappa shape index (κ1) is 28.9. The second-order valence-corrected chi connectivity index (χ2v) is 8.52. The van der Waals surface area contributed by atoms with Crippen molar-refractivity contribution in [3.05, 3.63) is 47.2 Å². The lowest BCUT2D eigenvalue weighted by Gasteiger charge is -2.19. The van der Waals surface area contributed by atoms with Gasteiger partial charge in [0.1, 0.15) is 17.3 Å². The van der Waals surface area contributed by atoms with Crippen molar-refractivity contribution in [1.29, 1.82) is 0 Å². The number of carbonyl (C=O) groups is 2. The molecule has 198 valence electrons. The van der Waals surface area contributed by atoms with Gasteiger partial charge in [0.2, 0.25) is 5.91 Å². The normalized spacial score (nSPS) is 12.2. The van der Waals surface area contributed by atoms with Gasteiger partial charge >= 0.3 is 6.18 Å². The first-order valence-corrected chi connectivity index (χ1v) is 11.4. The molecule has 0 aliphatic heterocycles. The maximum absolute atomic E-state index is 13.1. The highest BCUT2D eigenvalue weighted by molar-refractivity contribution is 5.97. The zero-order valence-electron chi connectivity index (χ0n) is 21.0. The van der Waals surface area contributed by atoms with Gasteiger partial charge in [-0.1, -0.05) is 13.8 Å². The average Bonchev–Trinajstić information content (AvgIpc) is 2.79. The number of methoxy groups -OCH3 is 1. The van der Waals surface area contributed by atoms with Crippen molar-refractivity contribution in [1.82, 2.24) is 10.3 Å². The second-order valence-electron chi connectivity index (χ2n) is 8.52. The number of aryl methyl sites for hydroxylation is 1. The van der Waals surface area contributed by atoms with Crippen LogP contribution in [-0.4, -0.2) is 49.9 Å². The molecule has 1 aromatic heterocycles. The quantitative estimate of drug-likeness (QED) is 0.396. The average molecular weight is 512 g/mol. The highest BCUT2D eigenvalue weighted by atomic mass is 19.4. The summed E-state index contributed by atoms with van der Waals surface area (Å²) < 4.78 is 53.1. The van der Waals surface area contributed by atoms with Gasteiger partial charge in [-0.25, -0.2) is 4.98 Å². The predicted molar refractivity (Wildman–Crippen MR) is 128 cm³/mol. The first-order chi connectivity index (χ1) is 16.9.